The molecule has 1 saturated heterocycles. The van der Waals surface area contributed by atoms with E-state index in [4.69, 9.17) is 5.11 Å². The van der Waals surface area contributed by atoms with E-state index in [0.717, 1.165) is 25.9 Å². The van der Waals surface area contributed by atoms with Gasteiger partial charge in [0, 0.05) is 13.1 Å². The van der Waals surface area contributed by atoms with Crippen LogP contribution < -0.4 is 0 Å². The van der Waals surface area contributed by atoms with E-state index in [1.54, 1.807) is 0 Å². The zero-order valence-electron chi connectivity index (χ0n) is 9.26. The van der Waals surface area contributed by atoms with Crippen LogP contribution in [0.25, 0.3) is 0 Å². The molecule has 0 spiro atoms. The van der Waals surface area contributed by atoms with Crippen LogP contribution in [0.2, 0.25) is 0 Å². The summed E-state index contributed by atoms with van der Waals surface area (Å²) in [5, 5.41) is 9.10. The largest absolute Gasteiger partial charge is 0.481 e. The highest BCUT2D eigenvalue weighted by molar-refractivity contribution is 5.85. The highest BCUT2D eigenvalue weighted by Crippen LogP contribution is 2.28. The van der Waals surface area contributed by atoms with E-state index < -0.39 is 11.9 Å². The van der Waals surface area contributed by atoms with Crippen molar-refractivity contribution in [2.75, 3.05) is 13.1 Å². The molecule has 1 aliphatic heterocycles. The Morgan fingerprint density at radius 3 is 2.19 bits per heavy atom. The van der Waals surface area contributed by atoms with Crippen LogP contribution in [0, 0.1) is 11.8 Å². The molecule has 16 heavy (non-hydrogen) atoms. The van der Waals surface area contributed by atoms with Crippen molar-refractivity contribution in [3.05, 3.63) is 12.2 Å². The lowest BCUT2D eigenvalue weighted by molar-refractivity contribution is -0.150. The number of hydrogen-bond acceptors (Lipinski definition) is 2. The number of nitrogens with zero attached hydrogens (tertiary/aromatic N) is 1. The summed E-state index contributed by atoms with van der Waals surface area (Å²) in [4.78, 5) is 25.0. The van der Waals surface area contributed by atoms with Gasteiger partial charge in [-0.05, 0) is 25.7 Å². The highest BCUT2D eigenvalue weighted by atomic mass is 16.4. The molecule has 0 saturated carbocycles. The molecule has 4 heteroatoms. The van der Waals surface area contributed by atoms with Crippen LogP contribution in [-0.2, 0) is 9.59 Å². The normalized spacial score (nSPS) is 29.4. The van der Waals surface area contributed by atoms with Crippen molar-refractivity contribution in [1.29, 1.82) is 0 Å². The summed E-state index contributed by atoms with van der Waals surface area (Å²) in [6, 6.07) is 0. The Kier molecular flexibility index (Phi) is 3.27. The van der Waals surface area contributed by atoms with E-state index in [1.807, 2.05) is 17.1 Å². The van der Waals surface area contributed by atoms with Crippen LogP contribution >= 0.6 is 0 Å². The minimum Gasteiger partial charge on any atom is -0.481 e. The number of amides is 1. The maximum Gasteiger partial charge on any atom is 0.307 e. The molecular formula is C12H17NO3. The number of likely N-dealkylation sites (tertiary alicyclic amines) is 1. The van der Waals surface area contributed by atoms with Crippen molar-refractivity contribution in [1.82, 2.24) is 4.90 Å². The number of carboxylic acid groups (broad SMARTS) is 1. The van der Waals surface area contributed by atoms with E-state index >= 15 is 0 Å². The molecule has 0 aromatic carbocycles. The fourth-order valence-corrected chi connectivity index (χ4v) is 2.53. The second kappa shape index (κ2) is 4.68. The van der Waals surface area contributed by atoms with Crippen LogP contribution in [0.4, 0.5) is 0 Å². The maximum atomic E-state index is 12.1. The summed E-state index contributed by atoms with van der Waals surface area (Å²) in [7, 11) is 0. The number of aliphatic carboxylic acids is 1. The van der Waals surface area contributed by atoms with Gasteiger partial charge in [0.05, 0.1) is 11.8 Å². The lowest BCUT2D eigenvalue weighted by atomic mass is 9.82. The summed E-state index contributed by atoms with van der Waals surface area (Å²) in [6.07, 6.45) is 6.95. The first-order valence-electron chi connectivity index (χ1n) is 5.86. The zero-order chi connectivity index (χ0) is 11.5. The van der Waals surface area contributed by atoms with Gasteiger partial charge in [0.15, 0.2) is 0 Å². The molecule has 2 atom stereocenters. The molecule has 1 N–H and O–H groups in total. The van der Waals surface area contributed by atoms with Gasteiger partial charge in [-0.25, -0.2) is 0 Å². The summed E-state index contributed by atoms with van der Waals surface area (Å²) < 4.78 is 0. The molecule has 2 aliphatic rings. The fourth-order valence-electron chi connectivity index (χ4n) is 2.53. The predicted octanol–water partition coefficient (Wildman–Crippen LogP) is 1.28. The molecule has 4 nitrogen and oxygen atoms in total. The molecule has 1 aliphatic carbocycles. The molecule has 1 amide bonds. The monoisotopic (exact) mass is 223 g/mol. The number of carbonyl (C=O) groups excluding carboxylic acids is 1. The van der Waals surface area contributed by atoms with Crippen LogP contribution in [0.5, 0.6) is 0 Å². The summed E-state index contributed by atoms with van der Waals surface area (Å²) in [5.74, 6) is -1.69. The van der Waals surface area contributed by atoms with Gasteiger partial charge in [-0.2, -0.15) is 0 Å². The Morgan fingerprint density at radius 2 is 1.62 bits per heavy atom. The number of allylic oxidation sites excluding steroid dienone is 2. The van der Waals surface area contributed by atoms with Gasteiger partial charge in [0.1, 0.15) is 0 Å². The molecule has 0 bridgehead atoms. The second-order valence-corrected chi connectivity index (χ2v) is 4.53. The number of carboxylic acids is 1. The van der Waals surface area contributed by atoms with Gasteiger partial charge < -0.3 is 10.0 Å². The third-order valence-corrected chi connectivity index (χ3v) is 3.48. The van der Waals surface area contributed by atoms with Crippen LogP contribution in [0.15, 0.2) is 12.2 Å². The molecule has 0 aromatic rings. The topological polar surface area (TPSA) is 57.6 Å². The third kappa shape index (κ3) is 2.10. The van der Waals surface area contributed by atoms with Crippen LogP contribution in [0.1, 0.15) is 25.7 Å². The molecule has 88 valence electrons. The molecule has 1 heterocycles. The van der Waals surface area contributed by atoms with Gasteiger partial charge in [-0.1, -0.05) is 12.2 Å². The third-order valence-electron chi connectivity index (χ3n) is 3.48. The molecule has 0 aromatic heterocycles. The average molecular weight is 223 g/mol. The Balaban J connectivity index is 2.08. The van der Waals surface area contributed by atoms with Gasteiger partial charge in [0.2, 0.25) is 5.91 Å². The van der Waals surface area contributed by atoms with Crippen molar-refractivity contribution in [3.8, 4) is 0 Å². The maximum absolute atomic E-state index is 12.1. The molecule has 0 unspecified atom stereocenters. The predicted molar refractivity (Wildman–Crippen MR) is 58.8 cm³/mol. The van der Waals surface area contributed by atoms with E-state index in [9.17, 15) is 9.59 Å². The number of rotatable bonds is 2. The van der Waals surface area contributed by atoms with Gasteiger partial charge in [0.25, 0.3) is 0 Å². The second-order valence-electron chi connectivity index (χ2n) is 4.53. The first-order valence-corrected chi connectivity index (χ1v) is 5.86. The summed E-state index contributed by atoms with van der Waals surface area (Å²) in [5.41, 5.74) is 0. The van der Waals surface area contributed by atoms with E-state index in [0.29, 0.717) is 12.8 Å². The standard InChI is InChI=1S/C12H17NO3/c14-11(13-7-3-4-8-13)9-5-1-2-6-10(9)12(15)16/h1-2,9-10H,3-8H2,(H,15,16)/t9-,10+/m0/s1. The minimum absolute atomic E-state index is 0.0363. The lowest BCUT2D eigenvalue weighted by Gasteiger charge is -2.28. The quantitative estimate of drug-likeness (QED) is 0.717. The highest BCUT2D eigenvalue weighted by Gasteiger charge is 2.36. The van der Waals surface area contributed by atoms with E-state index in [1.165, 1.54) is 0 Å². The molecule has 0 radical (unpaired) electrons. The van der Waals surface area contributed by atoms with E-state index in [2.05, 4.69) is 0 Å². The smallest absolute Gasteiger partial charge is 0.307 e. The van der Waals surface area contributed by atoms with Gasteiger partial charge >= 0.3 is 5.97 Å². The van der Waals surface area contributed by atoms with Crippen molar-refractivity contribution in [2.45, 2.75) is 25.7 Å². The SMILES string of the molecule is O=C(O)[C@@H]1CC=CC[C@@H]1C(=O)N1CCCC1. The minimum atomic E-state index is -0.845. The first kappa shape index (κ1) is 11.2. The van der Waals surface area contributed by atoms with Crippen molar-refractivity contribution in [2.24, 2.45) is 11.8 Å². The van der Waals surface area contributed by atoms with Crippen molar-refractivity contribution >= 4 is 11.9 Å². The lowest BCUT2D eigenvalue weighted by Crippen LogP contribution is -2.40. The fraction of sp³-hybridized carbons (Fsp3) is 0.667. The molecule has 2 rings (SSSR count). The Morgan fingerprint density at radius 1 is 1.06 bits per heavy atom. The number of carbonyl (C=O) groups is 2. The Bertz CT molecular complexity index is 318. The zero-order valence-corrected chi connectivity index (χ0v) is 9.26. The Labute approximate surface area is 94.9 Å². The summed E-state index contributed by atoms with van der Waals surface area (Å²) >= 11 is 0. The van der Waals surface area contributed by atoms with Gasteiger partial charge in [-0.3, -0.25) is 9.59 Å². The number of hydrogen-bond donors (Lipinski definition) is 1. The molecular weight excluding hydrogens is 206 g/mol. The average Bonchev–Trinajstić information content (AvgIpc) is 2.81. The summed E-state index contributed by atoms with van der Waals surface area (Å²) in [6.45, 7) is 1.59. The van der Waals surface area contributed by atoms with Crippen LogP contribution in [-0.4, -0.2) is 35.0 Å². The van der Waals surface area contributed by atoms with Crippen molar-refractivity contribution < 1.29 is 14.7 Å². The van der Waals surface area contributed by atoms with Crippen molar-refractivity contribution in [3.63, 3.8) is 0 Å². The van der Waals surface area contributed by atoms with Gasteiger partial charge in [-0.15, -0.1) is 0 Å². The molecule has 1 fully saturated rings. The van der Waals surface area contributed by atoms with Crippen LogP contribution in [0.3, 0.4) is 0 Å². The van der Waals surface area contributed by atoms with E-state index in [-0.39, 0.29) is 11.8 Å². The Hall–Kier alpha value is -1.32. The first-order chi connectivity index (χ1) is 7.70.